The highest BCUT2D eigenvalue weighted by molar-refractivity contribution is 7.21. The van der Waals surface area contributed by atoms with Crippen LogP contribution < -0.4 is 26.7 Å². The summed E-state index contributed by atoms with van der Waals surface area (Å²) in [5.74, 6) is 0.579. The third-order valence-electron chi connectivity index (χ3n) is 4.07. The lowest BCUT2D eigenvalue weighted by Gasteiger charge is -2.19. The van der Waals surface area contributed by atoms with Gasteiger partial charge in [0.25, 0.3) is 5.91 Å². The van der Waals surface area contributed by atoms with Crippen LogP contribution in [0.15, 0.2) is 18.2 Å². The van der Waals surface area contributed by atoms with Gasteiger partial charge in [0.1, 0.15) is 40.4 Å². The lowest BCUT2D eigenvalue weighted by molar-refractivity contribution is 0.100. The molecule has 8 nitrogen and oxygen atoms in total. The summed E-state index contributed by atoms with van der Waals surface area (Å²) in [6.07, 6.45) is 0. The van der Waals surface area contributed by atoms with Gasteiger partial charge in [0, 0.05) is 10.9 Å². The zero-order chi connectivity index (χ0) is 18.4. The quantitative estimate of drug-likeness (QED) is 0.625. The van der Waals surface area contributed by atoms with E-state index in [2.05, 4.69) is 11.1 Å². The Morgan fingerprint density at radius 1 is 1.23 bits per heavy atom. The number of ether oxygens (including phenoxy) is 2. The van der Waals surface area contributed by atoms with Gasteiger partial charge in [-0.2, -0.15) is 5.26 Å². The van der Waals surface area contributed by atoms with E-state index in [1.807, 2.05) is 0 Å². The molecule has 4 rings (SSSR count). The molecule has 1 aliphatic rings. The summed E-state index contributed by atoms with van der Waals surface area (Å²) in [6, 6.07) is 7.36. The Bertz CT molecular complexity index is 1120. The van der Waals surface area contributed by atoms with E-state index < -0.39 is 5.91 Å². The minimum atomic E-state index is -0.657. The number of hydrogen-bond acceptors (Lipinski definition) is 8. The molecular weight excluding hydrogens is 354 g/mol. The molecule has 1 amide bonds. The van der Waals surface area contributed by atoms with Crippen molar-refractivity contribution < 1.29 is 14.3 Å². The third-order valence-corrected chi connectivity index (χ3v) is 5.19. The number of nitrogens with two attached hydrogens (primary N) is 3. The first-order chi connectivity index (χ1) is 12.5. The molecule has 0 saturated carbocycles. The van der Waals surface area contributed by atoms with Crippen molar-refractivity contribution >= 4 is 39.0 Å². The second kappa shape index (κ2) is 5.79. The maximum Gasteiger partial charge on any atom is 0.260 e. The van der Waals surface area contributed by atoms with Crippen molar-refractivity contribution in [1.29, 1.82) is 5.26 Å². The standard InChI is InChI=1S/C17H13N5O3S/c18-6-8-11(7-1-2-9-10(5-7)25-4-3-24-9)12-13(19)14(16(21)23)26-17(12)22-15(8)20/h1-2,5H,3-4,19H2,(H2,20,22)(H2,21,23). The molecule has 6 N–H and O–H groups in total. The van der Waals surface area contributed by atoms with Gasteiger partial charge in [-0.25, -0.2) is 4.98 Å². The summed E-state index contributed by atoms with van der Waals surface area (Å²) in [7, 11) is 0. The normalized spacial score (nSPS) is 12.7. The molecule has 0 aliphatic carbocycles. The molecular formula is C17H13N5O3S. The number of amides is 1. The number of aromatic nitrogens is 1. The van der Waals surface area contributed by atoms with Gasteiger partial charge in [-0.1, -0.05) is 6.07 Å². The van der Waals surface area contributed by atoms with Gasteiger partial charge >= 0.3 is 0 Å². The molecule has 0 unspecified atom stereocenters. The predicted octanol–water partition coefficient (Wildman–Crippen LogP) is 1.87. The largest absolute Gasteiger partial charge is 0.486 e. The first-order valence-electron chi connectivity index (χ1n) is 7.62. The summed E-state index contributed by atoms with van der Waals surface area (Å²) in [4.78, 5) is 16.5. The molecule has 3 aromatic rings. The van der Waals surface area contributed by atoms with Gasteiger partial charge in [-0.15, -0.1) is 11.3 Å². The summed E-state index contributed by atoms with van der Waals surface area (Å²) in [5, 5.41) is 10.1. The second-order valence-electron chi connectivity index (χ2n) is 5.61. The monoisotopic (exact) mass is 367 g/mol. The maximum atomic E-state index is 11.7. The van der Waals surface area contributed by atoms with Gasteiger partial charge < -0.3 is 26.7 Å². The first-order valence-corrected chi connectivity index (χ1v) is 8.44. The van der Waals surface area contributed by atoms with E-state index in [1.54, 1.807) is 18.2 Å². The number of primary amides is 1. The minimum absolute atomic E-state index is 0.0576. The Morgan fingerprint density at radius 3 is 2.65 bits per heavy atom. The molecule has 0 radical (unpaired) electrons. The highest BCUT2D eigenvalue weighted by Gasteiger charge is 2.24. The van der Waals surface area contributed by atoms with E-state index in [-0.39, 0.29) is 21.9 Å². The van der Waals surface area contributed by atoms with E-state index in [4.69, 9.17) is 26.7 Å². The van der Waals surface area contributed by atoms with Gasteiger partial charge in [0.2, 0.25) is 0 Å². The summed E-state index contributed by atoms with van der Waals surface area (Å²) in [5.41, 5.74) is 19.0. The van der Waals surface area contributed by atoms with Crippen LogP contribution in [0.25, 0.3) is 21.3 Å². The smallest absolute Gasteiger partial charge is 0.260 e. The average molecular weight is 367 g/mol. The van der Waals surface area contributed by atoms with Crippen molar-refractivity contribution in [3.63, 3.8) is 0 Å². The fourth-order valence-corrected chi connectivity index (χ4v) is 3.92. The van der Waals surface area contributed by atoms with Crippen LogP contribution in [0, 0.1) is 11.3 Å². The summed E-state index contributed by atoms with van der Waals surface area (Å²) < 4.78 is 11.1. The van der Waals surface area contributed by atoms with Gasteiger partial charge in [0.15, 0.2) is 11.5 Å². The van der Waals surface area contributed by atoms with Crippen molar-refractivity contribution in [1.82, 2.24) is 4.98 Å². The van der Waals surface area contributed by atoms with Crippen LogP contribution in [0.1, 0.15) is 15.2 Å². The van der Waals surface area contributed by atoms with Crippen molar-refractivity contribution in [2.75, 3.05) is 24.7 Å². The number of nitriles is 1. The lowest BCUT2D eigenvalue weighted by atomic mass is 9.96. The van der Waals surface area contributed by atoms with Crippen LogP contribution >= 0.6 is 11.3 Å². The van der Waals surface area contributed by atoms with E-state index in [0.717, 1.165) is 11.3 Å². The fourth-order valence-electron chi connectivity index (χ4n) is 2.95. The molecule has 0 atom stereocenters. The Hall–Kier alpha value is -3.51. The maximum absolute atomic E-state index is 11.7. The highest BCUT2D eigenvalue weighted by Crippen LogP contribution is 2.44. The average Bonchev–Trinajstić information content (AvgIpc) is 2.96. The number of rotatable bonds is 2. The number of carbonyl (C=O) groups is 1. The zero-order valence-electron chi connectivity index (χ0n) is 13.4. The number of fused-ring (bicyclic) bond motifs is 2. The van der Waals surface area contributed by atoms with Crippen LogP contribution in [-0.2, 0) is 0 Å². The van der Waals surface area contributed by atoms with Crippen molar-refractivity contribution in [2.45, 2.75) is 0 Å². The Kier molecular flexibility index (Phi) is 3.56. The molecule has 2 aromatic heterocycles. The molecule has 0 saturated heterocycles. The van der Waals surface area contributed by atoms with Crippen LogP contribution in [0.2, 0.25) is 0 Å². The third kappa shape index (κ3) is 2.28. The SMILES string of the molecule is N#Cc1c(N)nc2sc(C(N)=O)c(N)c2c1-c1ccc2c(c1)OCCO2. The Morgan fingerprint density at radius 2 is 1.96 bits per heavy atom. The van der Waals surface area contributed by atoms with Crippen molar-refractivity contribution in [3.05, 3.63) is 28.6 Å². The summed E-state index contributed by atoms with van der Waals surface area (Å²) in [6.45, 7) is 0.906. The van der Waals surface area contributed by atoms with Crippen molar-refractivity contribution in [3.8, 4) is 28.7 Å². The van der Waals surface area contributed by atoms with E-state index >= 15 is 0 Å². The Labute approximate surface area is 151 Å². The molecule has 0 bridgehead atoms. The van der Waals surface area contributed by atoms with E-state index in [9.17, 15) is 10.1 Å². The molecule has 0 spiro atoms. The van der Waals surface area contributed by atoms with E-state index in [0.29, 0.717) is 46.1 Å². The number of thiophene rings is 1. The van der Waals surface area contributed by atoms with Gasteiger partial charge in [-0.3, -0.25) is 4.79 Å². The number of nitrogens with zero attached hydrogens (tertiary/aromatic N) is 2. The molecule has 130 valence electrons. The van der Waals surface area contributed by atoms with Crippen LogP contribution in [-0.4, -0.2) is 24.1 Å². The number of hydrogen-bond donors (Lipinski definition) is 3. The van der Waals surface area contributed by atoms with Crippen LogP contribution in [0.4, 0.5) is 11.5 Å². The predicted molar refractivity (Wildman–Crippen MR) is 98.1 cm³/mol. The lowest BCUT2D eigenvalue weighted by Crippen LogP contribution is -2.15. The van der Waals surface area contributed by atoms with Crippen LogP contribution in [0.5, 0.6) is 11.5 Å². The first kappa shape index (κ1) is 16.0. The summed E-state index contributed by atoms with van der Waals surface area (Å²) >= 11 is 1.05. The number of pyridine rings is 1. The van der Waals surface area contributed by atoms with Gasteiger partial charge in [0.05, 0.1) is 5.69 Å². The zero-order valence-corrected chi connectivity index (χ0v) is 14.2. The number of nitrogen functional groups attached to an aromatic ring is 2. The highest BCUT2D eigenvalue weighted by atomic mass is 32.1. The number of benzene rings is 1. The molecule has 1 aromatic carbocycles. The molecule has 9 heteroatoms. The number of anilines is 2. The van der Waals surface area contributed by atoms with Crippen LogP contribution in [0.3, 0.4) is 0 Å². The minimum Gasteiger partial charge on any atom is -0.486 e. The Balaban J connectivity index is 2.07. The molecule has 26 heavy (non-hydrogen) atoms. The van der Waals surface area contributed by atoms with Crippen molar-refractivity contribution in [2.24, 2.45) is 5.73 Å². The topological polar surface area (TPSA) is 150 Å². The molecule has 0 fully saturated rings. The molecule has 1 aliphatic heterocycles. The van der Waals surface area contributed by atoms with Gasteiger partial charge in [-0.05, 0) is 17.7 Å². The van der Waals surface area contributed by atoms with E-state index in [1.165, 1.54) is 0 Å². The molecule has 3 heterocycles. The second-order valence-corrected chi connectivity index (χ2v) is 6.61. The number of carbonyl (C=O) groups excluding carboxylic acids is 1. The fraction of sp³-hybridized carbons (Fsp3) is 0.118.